The van der Waals surface area contributed by atoms with Crippen molar-refractivity contribution in [1.29, 1.82) is 0 Å². The largest absolute Gasteiger partial charge is 0.505 e. The van der Waals surface area contributed by atoms with Crippen LogP contribution in [-0.4, -0.2) is 32.2 Å². The number of carboxylic acids is 1. The Hall–Kier alpha value is -3.09. The Balaban J connectivity index is 2.32. The number of para-hydroxylation sites is 1. The number of pyridine rings is 1. The van der Waals surface area contributed by atoms with Crippen LogP contribution < -0.4 is 4.74 Å². The second-order valence-corrected chi connectivity index (χ2v) is 3.72. The summed E-state index contributed by atoms with van der Waals surface area (Å²) in [5.74, 6) is -3.77. The van der Waals surface area contributed by atoms with Gasteiger partial charge in [0.1, 0.15) is 11.3 Å². The number of ether oxygens (including phenoxy) is 1. The summed E-state index contributed by atoms with van der Waals surface area (Å²) in [5, 5.41) is 28.0. The molecule has 0 bridgehead atoms. The topological polar surface area (TPSA) is 117 Å². The van der Waals surface area contributed by atoms with Crippen molar-refractivity contribution in [2.75, 3.05) is 0 Å². The second-order valence-electron chi connectivity index (χ2n) is 3.72. The van der Waals surface area contributed by atoms with Crippen LogP contribution in [0.5, 0.6) is 17.2 Å². The molecule has 1 heterocycles. The van der Waals surface area contributed by atoms with Crippen molar-refractivity contribution in [3.05, 3.63) is 47.8 Å². The van der Waals surface area contributed by atoms with E-state index in [9.17, 15) is 19.8 Å². The van der Waals surface area contributed by atoms with Gasteiger partial charge in [0.15, 0.2) is 17.2 Å². The summed E-state index contributed by atoms with van der Waals surface area (Å²) in [7, 11) is 0. The highest BCUT2D eigenvalue weighted by atomic mass is 16.5. The van der Waals surface area contributed by atoms with E-state index in [0.717, 1.165) is 6.07 Å². The molecule has 0 unspecified atom stereocenters. The predicted octanol–water partition coefficient (Wildman–Crippen LogP) is 1.41. The average Bonchev–Trinajstić information content (AvgIpc) is 2.41. The third kappa shape index (κ3) is 2.51. The molecule has 0 saturated heterocycles. The molecule has 0 amide bonds. The lowest BCUT2D eigenvalue weighted by Gasteiger charge is -2.08. The molecule has 2 rings (SSSR count). The molecule has 20 heavy (non-hydrogen) atoms. The van der Waals surface area contributed by atoms with Crippen LogP contribution in [0, 0.1) is 0 Å². The molecule has 1 aromatic carbocycles. The highest BCUT2D eigenvalue weighted by Gasteiger charge is 2.19. The number of rotatable bonds is 3. The van der Waals surface area contributed by atoms with Crippen LogP contribution in [0.3, 0.4) is 0 Å². The first-order valence-corrected chi connectivity index (χ1v) is 5.42. The van der Waals surface area contributed by atoms with E-state index in [-0.39, 0.29) is 17.2 Å². The van der Waals surface area contributed by atoms with E-state index >= 15 is 0 Å². The van der Waals surface area contributed by atoms with Gasteiger partial charge >= 0.3 is 11.9 Å². The summed E-state index contributed by atoms with van der Waals surface area (Å²) in [6, 6.07) is 6.36. The first kappa shape index (κ1) is 13.3. The lowest BCUT2D eigenvalue weighted by molar-refractivity contribution is 0.0678. The highest BCUT2D eigenvalue weighted by molar-refractivity contribution is 5.94. The zero-order chi connectivity index (χ0) is 14.7. The summed E-state index contributed by atoms with van der Waals surface area (Å²) in [6.45, 7) is 0. The van der Waals surface area contributed by atoms with Crippen LogP contribution in [0.2, 0.25) is 0 Å². The quantitative estimate of drug-likeness (QED) is 0.572. The molecule has 0 aliphatic heterocycles. The molecule has 102 valence electrons. The van der Waals surface area contributed by atoms with Crippen molar-refractivity contribution in [3.63, 3.8) is 0 Å². The maximum atomic E-state index is 11.8. The lowest BCUT2D eigenvalue weighted by Crippen LogP contribution is -2.11. The molecule has 0 radical (unpaired) electrons. The van der Waals surface area contributed by atoms with Gasteiger partial charge in [-0.2, -0.15) is 0 Å². The Morgan fingerprint density at radius 1 is 1.10 bits per heavy atom. The van der Waals surface area contributed by atoms with Crippen molar-refractivity contribution < 1.29 is 29.6 Å². The number of aromatic nitrogens is 1. The van der Waals surface area contributed by atoms with Crippen molar-refractivity contribution in [1.82, 2.24) is 4.98 Å². The van der Waals surface area contributed by atoms with Gasteiger partial charge < -0.3 is 20.1 Å². The molecule has 0 saturated carbocycles. The summed E-state index contributed by atoms with van der Waals surface area (Å²) < 4.78 is 4.83. The maximum Gasteiger partial charge on any atom is 0.366 e. The third-order valence-electron chi connectivity index (χ3n) is 2.41. The zero-order valence-corrected chi connectivity index (χ0v) is 9.98. The van der Waals surface area contributed by atoms with Crippen LogP contribution in [0.25, 0.3) is 0 Å². The Labute approximate surface area is 112 Å². The van der Waals surface area contributed by atoms with Crippen molar-refractivity contribution in [3.8, 4) is 17.2 Å². The van der Waals surface area contributed by atoms with E-state index in [1.807, 2.05) is 0 Å². The Bertz CT molecular complexity index is 682. The number of aromatic hydroxyl groups is 2. The Morgan fingerprint density at radius 3 is 2.50 bits per heavy atom. The standard InChI is InChI=1S/C13H9NO6/c15-8-4-2-6-14-10(8)13(19)20-9-5-1-3-7(11(9)16)12(17)18/h1-6,15-16H,(H,17,18). The Morgan fingerprint density at radius 2 is 1.85 bits per heavy atom. The minimum absolute atomic E-state index is 0.333. The number of nitrogens with zero attached hydrogens (tertiary/aromatic N) is 1. The highest BCUT2D eigenvalue weighted by Crippen LogP contribution is 2.30. The van der Waals surface area contributed by atoms with Crippen molar-refractivity contribution in [2.24, 2.45) is 0 Å². The molecule has 2 aromatic rings. The Kier molecular flexibility index (Phi) is 3.52. The third-order valence-corrected chi connectivity index (χ3v) is 2.41. The SMILES string of the molecule is O=C(O)c1cccc(OC(=O)c2ncccc2O)c1O. The molecular weight excluding hydrogens is 266 g/mol. The van der Waals surface area contributed by atoms with Crippen LogP contribution in [-0.2, 0) is 0 Å². The molecule has 0 fully saturated rings. The van der Waals surface area contributed by atoms with Gasteiger partial charge in [-0.05, 0) is 24.3 Å². The first-order valence-electron chi connectivity index (χ1n) is 5.42. The van der Waals surface area contributed by atoms with E-state index in [1.54, 1.807) is 0 Å². The van der Waals surface area contributed by atoms with Gasteiger partial charge in [0, 0.05) is 6.20 Å². The average molecular weight is 275 g/mol. The maximum absolute atomic E-state index is 11.8. The molecule has 7 heteroatoms. The van der Waals surface area contributed by atoms with Crippen LogP contribution >= 0.6 is 0 Å². The molecule has 1 aromatic heterocycles. The van der Waals surface area contributed by atoms with Gasteiger partial charge in [0.2, 0.25) is 0 Å². The first-order chi connectivity index (χ1) is 9.50. The fraction of sp³-hybridized carbons (Fsp3) is 0. The summed E-state index contributed by atoms with van der Waals surface area (Å²) in [5.41, 5.74) is -0.742. The minimum atomic E-state index is -1.36. The van der Waals surface area contributed by atoms with Gasteiger partial charge in [-0.25, -0.2) is 14.6 Å². The van der Waals surface area contributed by atoms with Crippen LogP contribution in [0.15, 0.2) is 36.5 Å². The molecule has 0 spiro atoms. The monoisotopic (exact) mass is 275 g/mol. The van der Waals surface area contributed by atoms with Crippen LogP contribution in [0.1, 0.15) is 20.8 Å². The van der Waals surface area contributed by atoms with Crippen LogP contribution in [0.4, 0.5) is 0 Å². The minimum Gasteiger partial charge on any atom is -0.505 e. The zero-order valence-electron chi connectivity index (χ0n) is 9.98. The number of esters is 1. The summed E-state index contributed by atoms with van der Waals surface area (Å²) in [4.78, 5) is 26.2. The molecule has 7 nitrogen and oxygen atoms in total. The number of carbonyl (C=O) groups excluding carboxylic acids is 1. The van der Waals surface area contributed by atoms with Gasteiger partial charge in [0.05, 0.1) is 0 Å². The van der Waals surface area contributed by atoms with Crippen molar-refractivity contribution >= 4 is 11.9 Å². The second kappa shape index (κ2) is 5.27. The number of benzene rings is 1. The number of carbonyl (C=O) groups is 2. The van der Waals surface area contributed by atoms with Gasteiger partial charge in [-0.3, -0.25) is 0 Å². The summed E-state index contributed by atoms with van der Waals surface area (Å²) in [6.07, 6.45) is 1.28. The number of carboxylic acid groups (broad SMARTS) is 1. The van der Waals surface area contributed by atoms with E-state index in [4.69, 9.17) is 9.84 Å². The van der Waals surface area contributed by atoms with E-state index in [2.05, 4.69) is 4.98 Å². The molecule has 0 aliphatic rings. The smallest absolute Gasteiger partial charge is 0.366 e. The van der Waals surface area contributed by atoms with E-state index in [1.165, 1.54) is 30.5 Å². The normalized spacial score (nSPS) is 10.0. The van der Waals surface area contributed by atoms with Gasteiger partial charge in [-0.15, -0.1) is 0 Å². The van der Waals surface area contributed by atoms with E-state index < -0.39 is 23.3 Å². The van der Waals surface area contributed by atoms with Gasteiger partial charge in [0.25, 0.3) is 0 Å². The fourth-order valence-corrected chi connectivity index (χ4v) is 1.48. The number of hydrogen-bond donors (Lipinski definition) is 3. The van der Waals surface area contributed by atoms with Gasteiger partial charge in [-0.1, -0.05) is 6.07 Å². The van der Waals surface area contributed by atoms with E-state index in [0.29, 0.717) is 0 Å². The summed E-state index contributed by atoms with van der Waals surface area (Å²) >= 11 is 0. The molecule has 0 atom stereocenters. The molecule has 3 N–H and O–H groups in total. The lowest BCUT2D eigenvalue weighted by atomic mass is 10.2. The fourth-order valence-electron chi connectivity index (χ4n) is 1.48. The number of hydrogen-bond acceptors (Lipinski definition) is 6. The number of phenols is 1. The van der Waals surface area contributed by atoms with Crippen molar-refractivity contribution in [2.45, 2.75) is 0 Å². The number of aromatic carboxylic acids is 1. The molecular formula is C13H9NO6. The predicted molar refractivity (Wildman–Crippen MR) is 65.9 cm³/mol. The molecule has 0 aliphatic carbocycles.